The number of rotatable bonds is 2. The summed E-state index contributed by atoms with van der Waals surface area (Å²) in [7, 11) is 0. The van der Waals surface area contributed by atoms with E-state index in [-0.39, 0.29) is 0 Å². The maximum Gasteiger partial charge on any atom is 0.0452 e. The van der Waals surface area contributed by atoms with E-state index in [2.05, 4.69) is 129 Å². The summed E-state index contributed by atoms with van der Waals surface area (Å²) >= 11 is 19.5. The van der Waals surface area contributed by atoms with Crippen LogP contribution in [0.2, 0.25) is 5.02 Å². The smallest absolute Gasteiger partial charge is 0.0452 e. The lowest BCUT2D eigenvalue weighted by molar-refractivity contribution is 1.13. The van der Waals surface area contributed by atoms with Gasteiger partial charge in [0.05, 0.1) is 0 Å². The number of hydrogen-bond acceptors (Lipinski definition) is 2. The van der Waals surface area contributed by atoms with E-state index in [1.54, 1.807) is 0 Å². The Morgan fingerprint density at radius 2 is 1.24 bits per heavy atom. The lowest BCUT2D eigenvalue weighted by atomic mass is 10.1. The number of fused-ring (bicyclic) bond motifs is 6. The Morgan fingerprint density at radius 3 is 1.91 bits per heavy atom. The standard InChI is InChI=1S/C14H10Br2S.C14H10ClIS/c1-2-8-5-11-10-4-3-9(15)6-13(10)17-14(11)7-12(8)16;1-2-8-5-11-10-4-3-9(16)6-13(10)17-14(11)7-12(8)15/h2*3-7H,2H2,1H3. The molecule has 0 unspecified atom stereocenters. The van der Waals surface area contributed by atoms with Gasteiger partial charge in [0.15, 0.2) is 0 Å². The second-order valence-electron chi connectivity index (χ2n) is 8.07. The lowest BCUT2D eigenvalue weighted by Gasteiger charge is -2.01. The van der Waals surface area contributed by atoms with Gasteiger partial charge in [0.1, 0.15) is 0 Å². The van der Waals surface area contributed by atoms with Crippen molar-refractivity contribution in [2.24, 2.45) is 0 Å². The summed E-state index contributed by atoms with van der Waals surface area (Å²) < 4.78 is 8.96. The quantitative estimate of drug-likeness (QED) is 0.155. The first kappa shape index (κ1) is 25.0. The minimum atomic E-state index is 0.890. The van der Waals surface area contributed by atoms with Gasteiger partial charge in [0.2, 0.25) is 0 Å². The molecule has 0 aliphatic carbocycles. The molecule has 0 aliphatic rings. The van der Waals surface area contributed by atoms with Crippen LogP contribution in [0.4, 0.5) is 0 Å². The van der Waals surface area contributed by atoms with E-state index in [1.165, 1.54) is 59.5 Å². The predicted molar refractivity (Wildman–Crippen MR) is 171 cm³/mol. The second kappa shape index (κ2) is 10.3. The number of halogens is 4. The molecule has 0 saturated heterocycles. The van der Waals surface area contributed by atoms with E-state index in [1.807, 2.05) is 22.7 Å². The van der Waals surface area contributed by atoms with Crippen molar-refractivity contribution in [3.8, 4) is 0 Å². The van der Waals surface area contributed by atoms with Crippen molar-refractivity contribution in [2.75, 3.05) is 0 Å². The molecule has 4 aromatic carbocycles. The Kier molecular flexibility index (Phi) is 7.60. The molecule has 0 bridgehead atoms. The van der Waals surface area contributed by atoms with Crippen molar-refractivity contribution in [2.45, 2.75) is 26.7 Å². The van der Waals surface area contributed by atoms with E-state index < -0.39 is 0 Å². The molecule has 2 heterocycles. The van der Waals surface area contributed by atoms with E-state index in [0.29, 0.717) is 0 Å². The molecule has 0 amide bonds. The van der Waals surface area contributed by atoms with Crippen LogP contribution in [0.25, 0.3) is 40.3 Å². The lowest BCUT2D eigenvalue weighted by Crippen LogP contribution is -1.81. The molecule has 2 aromatic heterocycles. The van der Waals surface area contributed by atoms with Crippen molar-refractivity contribution in [3.63, 3.8) is 0 Å². The Hall–Kier alpha value is -0.700. The monoisotopic (exact) mass is 740 g/mol. The van der Waals surface area contributed by atoms with E-state index in [0.717, 1.165) is 22.3 Å². The van der Waals surface area contributed by atoms with Crippen molar-refractivity contribution < 1.29 is 0 Å². The topological polar surface area (TPSA) is 0 Å². The van der Waals surface area contributed by atoms with Crippen LogP contribution in [0, 0.1) is 3.57 Å². The van der Waals surface area contributed by atoms with Gasteiger partial charge < -0.3 is 0 Å². The summed E-state index contributed by atoms with van der Waals surface area (Å²) in [6.45, 7) is 4.33. The van der Waals surface area contributed by atoms with Crippen LogP contribution in [0.15, 0.2) is 69.6 Å². The molecular formula is C28H20Br2ClIS2. The molecular weight excluding hydrogens is 723 g/mol. The summed E-state index contributed by atoms with van der Waals surface area (Å²) in [5.74, 6) is 0. The summed E-state index contributed by atoms with van der Waals surface area (Å²) in [5.41, 5.74) is 2.61. The Labute approximate surface area is 242 Å². The number of aryl methyl sites for hydroxylation is 2. The summed E-state index contributed by atoms with van der Waals surface area (Å²) in [4.78, 5) is 0. The van der Waals surface area contributed by atoms with Gasteiger partial charge in [-0.1, -0.05) is 69.4 Å². The summed E-state index contributed by atoms with van der Waals surface area (Å²) in [6.07, 6.45) is 2.04. The van der Waals surface area contributed by atoms with Crippen LogP contribution in [0.3, 0.4) is 0 Å². The number of hydrogen-bond donors (Lipinski definition) is 0. The van der Waals surface area contributed by atoms with Gasteiger partial charge in [-0.05, 0) is 95.1 Å². The number of thiophene rings is 2. The molecule has 0 aliphatic heterocycles. The Morgan fingerprint density at radius 1 is 0.676 bits per heavy atom. The van der Waals surface area contributed by atoms with Gasteiger partial charge in [0, 0.05) is 57.9 Å². The highest BCUT2D eigenvalue weighted by atomic mass is 127. The largest absolute Gasteiger partial charge is 0.135 e. The average molecular weight is 743 g/mol. The Bertz CT molecular complexity index is 1560. The first-order chi connectivity index (χ1) is 16.4. The maximum absolute atomic E-state index is 6.27. The molecule has 0 nitrogen and oxygen atoms in total. The number of benzene rings is 4. The summed E-state index contributed by atoms with van der Waals surface area (Å²) in [5, 5.41) is 6.30. The van der Waals surface area contributed by atoms with Crippen LogP contribution in [-0.4, -0.2) is 0 Å². The molecule has 6 heteroatoms. The third kappa shape index (κ3) is 4.81. The summed E-state index contributed by atoms with van der Waals surface area (Å²) in [6, 6.07) is 22.0. The van der Waals surface area contributed by atoms with Gasteiger partial charge in [-0.15, -0.1) is 22.7 Å². The molecule has 172 valence electrons. The second-order valence-corrected chi connectivity index (χ2v) is 13.7. The maximum atomic E-state index is 6.27. The normalized spacial score (nSPS) is 11.5. The van der Waals surface area contributed by atoms with Crippen molar-refractivity contribution >= 4 is 129 Å². The SMILES string of the molecule is CCc1cc2c(cc1Br)sc1cc(Br)ccc12.CCc1cc2c(cc1Cl)sc1cc(I)ccc12. The van der Waals surface area contributed by atoms with E-state index in [9.17, 15) is 0 Å². The van der Waals surface area contributed by atoms with Crippen LogP contribution in [0.1, 0.15) is 25.0 Å². The van der Waals surface area contributed by atoms with Crippen molar-refractivity contribution in [3.05, 3.63) is 89.3 Å². The zero-order chi connectivity index (χ0) is 24.0. The van der Waals surface area contributed by atoms with Crippen LogP contribution in [0.5, 0.6) is 0 Å². The predicted octanol–water partition coefficient (Wildman–Crippen LogP) is 12.0. The fourth-order valence-corrected chi connectivity index (χ4v) is 8.86. The van der Waals surface area contributed by atoms with Crippen LogP contribution >= 0.6 is 88.7 Å². The van der Waals surface area contributed by atoms with Crippen molar-refractivity contribution in [1.29, 1.82) is 0 Å². The van der Waals surface area contributed by atoms with Crippen molar-refractivity contribution in [1.82, 2.24) is 0 Å². The average Bonchev–Trinajstić information content (AvgIpc) is 3.33. The third-order valence-corrected chi connectivity index (χ3v) is 10.5. The minimum Gasteiger partial charge on any atom is -0.135 e. The fourth-order valence-electron chi connectivity index (χ4n) is 4.17. The Balaban J connectivity index is 0.000000142. The van der Waals surface area contributed by atoms with Gasteiger partial charge in [-0.3, -0.25) is 0 Å². The first-order valence-corrected chi connectivity index (χ1v) is 15.7. The fraction of sp³-hybridized carbons (Fsp3) is 0.143. The van der Waals surface area contributed by atoms with Gasteiger partial charge in [-0.25, -0.2) is 0 Å². The third-order valence-electron chi connectivity index (χ3n) is 5.97. The van der Waals surface area contributed by atoms with Gasteiger partial charge in [-0.2, -0.15) is 0 Å². The molecule has 34 heavy (non-hydrogen) atoms. The first-order valence-electron chi connectivity index (χ1n) is 11.0. The highest BCUT2D eigenvalue weighted by molar-refractivity contribution is 14.1. The molecule has 0 fully saturated rings. The molecule has 0 spiro atoms. The molecule has 0 N–H and O–H groups in total. The molecule has 0 saturated carbocycles. The highest BCUT2D eigenvalue weighted by Crippen LogP contribution is 2.39. The van der Waals surface area contributed by atoms with E-state index >= 15 is 0 Å². The molecule has 0 radical (unpaired) electrons. The zero-order valence-electron chi connectivity index (χ0n) is 18.5. The van der Waals surface area contributed by atoms with Gasteiger partial charge >= 0.3 is 0 Å². The molecule has 0 atom stereocenters. The minimum absolute atomic E-state index is 0.890. The highest BCUT2D eigenvalue weighted by Gasteiger charge is 2.09. The van der Waals surface area contributed by atoms with Crippen LogP contribution < -0.4 is 0 Å². The van der Waals surface area contributed by atoms with E-state index in [4.69, 9.17) is 11.6 Å². The zero-order valence-corrected chi connectivity index (χ0v) is 26.2. The van der Waals surface area contributed by atoms with Crippen LogP contribution in [-0.2, 0) is 12.8 Å². The van der Waals surface area contributed by atoms with Gasteiger partial charge in [0.25, 0.3) is 0 Å². The molecule has 6 aromatic rings. The molecule has 6 rings (SSSR count).